The van der Waals surface area contributed by atoms with Crippen molar-refractivity contribution in [1.29, 1.82) is 0 Å². The van der Waals surface area contributed by atoms with Gasteiger partial charge in [-0.25, -0.2) is 4.98 Å². The third-order valence-corrected chi connectivity index (χ3v) is 5.17. The van der Waals surface area contributed by atoms with Gasteiger partial charge in [-0.3, -0.25) is 9.20 Å². The molecule has 0 aliphatic rings. The highest BCUT2D eigenvalue weighted by Crippen LogP contribution is 2.24. The van der Waals surface area contributed by atoms with Crippen molar-refractivity contribution >= 4 is 17.6 Å². The number of pyridine rings is 1. The van der Waals surface area contributed by atoms with Crippen LogP contribution >= 0.6 is 0 Å². The van der Waals surface area contributed by atoms with E-state index in [2.05, 4.69) is 10.1 Å². The van der Waals surface area contributed by atoms with Gasteiger partial charge in [0.1, 0.15) is 18.0 Å². The Hall–Kier alpha value is -3.24. The van der Waals surface area contributed by atoms with Crippen LogP contribution in [0.4, 0.5) is 13.2 Å². The number of ketones is 1. The van der Waals surface area contributed by atoms with Crippen LogP contribution in [0.25, 0.3) is 16.9 Å². The van der Waals surface area contributed by atoms with Crippen molar-refractivity contribution in [3.63, 3.8) is 0 Å². The first-order chi connectivity index (χ1) is 16.2. The Morgan fingerprint density at radius 3 is 2.85 bits per heavy atom. The molecule has 0 spiro atoms. The van der Waals surface area contributed by atoms with Gasteiger partial charge in [0.25, 0.3) is 0 Å². The number of aliphatic hydroxyl groups excluding tert-OH is 1. The van der Waals surface area contributed by atoms with E-state index >= 15 is 0 Å². The van der Waals surface area contributed by atoms with Crippen LogP contribution in [0.5, 0.6) is 0 Å². The Morgan fingerprint density at radius 2 is 2.09 bits per heavy atom. The third kappa shape index (κ3) is 7.67. The number of halogens is 3. The van der Waals surface area contributed by atoms with Gasteiger partial charge in [0, 0.05) is 43.3 Å². The van der Waals surface area contributed by atoms with Crippen molar-refractivity contribution in [3.8, 4) is 11.3 Å². The summed E-state index contributed by atoms with van der Waals surface area (Å²) in [5, 5.41) is 12.8. The lowest BCUT2D eigenvalue weighted by Crippen LogP contribution is -2.25. The Labute approximate surface area is 195 Å². The van der Waals surface area contributed by atoms with E-state index in [-0.39, 0.29) is 13.0 Å². The monoisotopic (exact) mass is 476 g/mol. The number of likely N-dealkylation sites (N-methyl/N-ethyl adjacent to an activating group) is 1. The first-order valence-electron chi connectivity index (χ1n) is 10.8. The van der Waals surface area contributed by atoms with E-state index < -0.39 is 24.8 Å². The van der Waals surface area contributed by atoms with Crippen molar-refractivity contribution in [3.05, 3.63) is 59.9 Å². The lowest BCUT2D eigenvalue weighted by Gasteiger charge is -2.13. The van der Waals surface area contributed by atoms with E-state index in [1.54, 1.807) is 30.6 Å². The molecule has 0 aliphatic heterocycles. The van der Waals surface area contributed by atoms with Crippen molar-refractivity contribution in [2.24, 2.45) is 5.16 Å². The van der Waals surface area contributed by atoms with E-state index in [4.69, 9.17) is 9.94 Å². The van der Waals surface area contributed by atoms with Crippen LogP contribution in [-0.2, 0) is 16.1 Å². The lowest BCUT2D eigenvalue weighted by atomic mass is 10.0. The van der Waals surface area contributed by atoms with Gasteiger partial charge >= 0.3 is 6.18 Å². The molecule has 7 nitrogen and oxygen atoms in total. The lowest BCUT2D eigenvalue weighted by molar-refractivity contribution is -0.143. The van der Waals surface area contributed by atoms with Crippen molar-refractivity contribution in [2.75, 3.05) is 33.4 Å². The molecule has 10 heteroatoms. The summed E-state index contributed by atoms with van der Waals surface area (Å²) in [5.74, 6) is -0.446. The van der Waals surface area contributed by atoms with Gasteiger partial charge in [-0.05, 0) is 30.8 Å². The second-order valence-corrected chi connectivity index (χ2v) is 7.96. The second kappa shape index (κ2) is 11.8. The number of hydrogen-bond acceptors (Lipinski definition) is 6. The SMILES string of the molecule is CN(CCO)CCO/N=C\c1ccn2c(-c3cccc(CC(=O)CCC(F)(F)F)c3)cnc2c1. The molecule has 3 aromatic rings. The molecule has 3 rings (SSSR count). The van der Waals surface area contributed by atoms with E-state index in [1.807, 2.05) is 40.7 Å². The fourth-order valence-electron chi connectivity index (χ4n) is 3.36. The molecule has 1 aromatic carbocycles. The number of benzene rings is 1. The predicted molar refractivity (Wildman–Crippen MR) is 123 cm³/mol. The van der Waals surface area contributed by atoms with Gasteiger partial charge in [-0.2, -0.15) is 13.2 Å². The van der Waals surface area contributed by atoms with Crippen LogP contribution in [-0.4, -0.2) is 70.9 Å². The number of alkyl halides is 3. The van der Waals surface area contributed by atoms with Gasteiger partial charge in [-0.1, -0.05) is 23.4 Å². The molecule has 182 valence electrons. The Morgan fingerprint density at radius 1 is 1.26 bits per heavy atom. The summed E-state index contributed by atoms with van der Waals surface area (Å²) in [4.78, 5) is 23.6. The number of aromatic nitrogens is 2. The molecule has 34 heavy (non-hydrogen) atoms. The predicted octanol–water partition coefficient (Wildman–Crippen LogP) is 3.73. The summed E-state index contributed by atoms with van der Waals surface area (Å²) in [6.45, 7) is 1.71. The van der Waals surface area contributed by atoms with Gasteiger partial charge in [-0.15, -0.1) is 0 Å². The molecule has 0 radical (unpaired) electrons. The highest BCUT2D eigenvalue weighted by atomic mass is 19.4. The molecule has 0 fully saturated rings. The number of oxime groups is 1. The van der Waals surface area contributed by atoms with E-state index in [1.165, 1.54) is 0 Å². The fourth-order valence-corrected chi connectivity index (χ4v) is 3.36. The first-order valence-corrected chi connectivity index (χ1v) is 10.8. The summed E-state index contributed by atoms with van der Waals surface area (Å²) >= 11 is 0. The maximum atomic E-state index is 12.4. The maximum absolute atomic E-state index is 12.4. The number of carbonyl (C=O) groups is 1. The van der Waals surface area contributed by atoms with Crippen LogP contribution in [0.15, 0.2) is 53.9 Å². The van der Waals surface area contributed by atoms with Gasteiger partial charge in [0.2, 0.25) is 0 Å². The molecular weight excluding hydrogens is 449 g/mol. The quantitative estimate of drug-likeness (QED) is 0.245. The minimum atomic E-state index is -4.33. The smallest absolute Gasteiger partial charge is 0.389 e. The number of imidazole rings is 1. The first kappa shape index (κ1) is 25.4. The maximum Gasteiger partial charge on any atom is 0.389 e. The number of nitrogens with zero attached hydrogens (tertiary/aromatic N) is 4. The van der Waals surface area contributed by atoms with Crippen LogP contribution in [0.1, 0.15) is 24.0 Å². The number of carbonyl (C=O) groups excluding carboxylic acids is 1. The summed E-state index contributed by atoms with van der Waals surface area (Å²) in [7, 11) is 1.88. The summed E-state index contributed by atoms with van der Waals surface area (Å²) in [5.41, 5.74) is 3.76. The number of rotatable bonds is 12. The molecular formula is C24H27F3N4O3. The highest BCUT2D eigenvalue weighted by Gasteiger charge is 2.27. The summed E-state index contributed by atoms with van der Waals surface area (Å²) in [6, 6.07) is 10.9. The van der Waals surface area contributed by atoms with Gasteiger partial charge < -0.3 is 14.8 Å². The number of Topliss-reactive ketones (excluding diaryl/α,β-unsaturated/α-hetero) is 1. The molecule has 0 bridgehead atoms. The summed E-state index contributed by atoms with van der Waals surface area (Å²) < 4.78 is 38.9. The minimum Gasteiger partial charge on any atom is -0.395 e. The van der Waals surface area contributed by atoms with Crippen molar-refractivity contribution < 1.29 is 27.9 Å². The standard InChI is InChI=1S/C24H27F3N4O3/c1-30(9-11-32)10-12-34-29-16-19-6-8-31-22(17-28-23(31)15-19)20-4-2-3-18(13-20)14-21(33)5-7-24(25,26)27/h2-4,6,8,13,15-17,32H,5,7,9-12,14H2,1H3/b29-16-. The zero-order valence-corrected chi connectivity index (χ0v) is 18.8. The van der Waals surface area contributed by atoms with E-state index in [9.17, 15) is 18.0 Å². The molecule has 2 heterocycles. The number of hydrogen-bond donors (Lipinski definition) is 1. The second-order valence-electron chi connectivity index (χ2n) is 7.96. The molecule has 1 N–H and O–H groups in total. The Balaban J connectivity index is 1.64. The normalized spacial score (nSPS) is 12.2. The molecule has 0 atom stereocenters. The molecule has 0 aliphatic carbocycles. The van der Waals surface area contributed by atoms with Crippen LogP contribution in [0.3, 0.4) is 0 Å². The van der Waals surface area contributed by atoms with E-state index in [0.29, 0.717) is 30.9 Å². The van der Waals surface area contributed by atoms with Crippen molar-refractivity contribution in [1.82, 2.24) is 14.3 Å². The third-order valence-electron chi connectivity index (χ3n) is 5.17. The van der Waals surface area contributed by atoms with Crippen LogP contribution in [0, 0.1) is 0 Å². The highest BCUT2D eigenvalue weighted by molar-refractivity contribution is 5.82. The number of fused-ring (bicyclic) bond motifs is 1. The molecule has 2 aromatic heterocycles. The number of aliphatic hydroxyl groups is 1. The van der Waals surface area contributed by atoms with Crippen LogP contribution in [0.2, 0.25) is 0 Å². The fraction of sp³-hybridized carbons (Fsp3) is 0.375. The zero-order chi connectivity index (χ0) is 24.6. The Kier molecular flexibility index (Phi) is 8.78. The Bertz CT molecular complexity index is 1130. The molecule has 0 unspecified atom stereocenters. The average molecular weight is 476 g/mol. The topological polar surface area (TPSA) is 79.4 Å². The van der Waals surface area contributed by atoms with E-state index in [0.717, 1.165) is 16.8 Å². The molecule has 0 saturated heterocycles. The van der Waals surface area contributed by atoms with Crippen LogP contribution < -0.4 is 0 Å². The molecule has 0 saturated carbocycles. The zero-order valence-electron chi connectivity index (χ0n) is 18.8. The van der Waals surface area contributed by atoms with Gasteiger partial charge in [0.15, 0.2) is 0 Å². The average Bonchev–Trinajstić information content (AvgIpc) is 3.21. The van der Waals surface area contributed by atoms with Crippen molar-refractivity contribution in [2.45, 2.75) is 25.4 Å². The minimum absolute atomic E-state index is 0.0446. The van der Waals surface area contributed by atoms with Gasteiger partial charge in [0.05, 0.1) is 31.1 Å². The molecule has 0 amide bonds. The largest absolute Gasteiger partial charge is 0.395 e. The summed E-state index contributed by atoms with van der Waals surface area (Å²) in [6.07, 6.45) is -0.859.